The smallest absolute Gasteiger partial charge is 0.271 e. The van der Waals surface area contributed by atoms with E-state index in [0.717, 1.165) is 24.7 Å². The second-order valence-electron chi connectivity index (χ2n) is 4.78. The summed E-state index contributed by atoms with van der Waals surface area (Å²) in [6.07, 6.45) is -5.16. The summed E-state index contributed by atoms with van der Waals surface area (Å²) in [5.41, 5.74) is -4.83. The summed E-state index contributed by atoms with van der Waals surface area (Å²) in [5, 5.41) is 0. The molecule has 0 aromatic carbocycles. The molecule has 0 amide bonds. The second-order valence-corrected chi connectivity index (χ2v) is 4.78. The van der Waals surface area contributed by atoms with Crippen LogP contribution in [-0.4, -0.2) is 36.1 Å². The predicted molar refractivity (Wildman–Crippen MR) is 59.6 cm³/mol. The summed E-state index contributed by atoms with van der Waals surface area (Å²) < 4.78 is 66.4. The van der Waals surface area contributed by atoms with Crippen LogP contribution in [0, 0.1) is 0 Å². The molecule has 1 aliphatic rings. The first-order valence-corrected chi connectivity index (χ1v) is 6.01. The summed E-state index contributed by atoms with van der Waals surface area (Å²) in [6, 6.07) is 0. The molecule has 1 unspecified atom stereocenters. The molecule has 0 aromatic heterocycles. The van der Waals surface area contributed by atoms with Gasteiger partial charge in [0.2, 0.25) is 6.30 Å². The maximum atomic E-state index is 14.1. The normalized spacial score (nSPS) is 24.1. The molecule has 0 saturated carbocycles. The van der Waals surface area contributed by atoms with Crippen LogP contribution >= 0.6 is 0 Å². The van der Waals surface area contributed by atoms with E-state index in [0.29, 0.717) is 12.8 Å². The zero-order chi connectivity index (χ0) is 14.0. The fourth-order valence-corrected chi connectivity index (χ4v) is 2.15. The Hall–Kier alpha value is -0.650. The van der Waals surface area contributed by atoms with Gasteiger partial charge in [-0.05, 0) is 25.3 Å². The third-order valence-electron chi connectivity index (χ3n) is 3.32. The van der Waals surface area contributed by atoms with Crippen molar-refractivity contribution in [2.24, 2.45) is 0 Å². The number of likely N-dealkylation sites (tertiary alicyclic amines) is 1. The first-order valence-electron chi connectivity index (χ1n) is 6.01. The molecule has 0 radical (unpaired) electrons. The molecule has 1 fully saturated rings. The molecular weight excluding hydrogens is 253 g/mol. The first kappa shape index (κ1) is 15.4. The van der Waals surface area contributed by atoms with Crippen molar-refractivity contribution in [1.29, 1.82) is 0 Å². The molecule has 1 heterocycles. The van der Waals surface area contributed by atoms with E-state index in [1.54, 1.807) is 0 Å². The van der Waals surface area contributed by atoms with Crippen molar-refractivity contribution in [1.82, 2.24) is 4.90 Å². The highest BCUT2D eigenvalue weighted by Crippen LogP contribution is 2.44. The van der Waals surface area contributed by atoms with Gasteiger partial charge in [-0.2, -0.15) is 13.2 Å². The van der Waals surface area contributed by atoms with Crippen LogP contribution in [0.1, 0.15) is 32.6 Å². The predicted octanol–water partition coefficient (Wildman–Crippen LogP) is 4.00. The molecule has 0 spiro atoms. The summed E-state index contributed by atoms with van der Waals surface area (Å²) in [7, 11) is 0. The number of hydrogen-bond acceptors (Lipinski definition) is 1. The zero-order valence-corrected chi connectivity index (χ0v) is 10.4. The van der Waals surface area contributed by atoms with Gasteiger partial charge in [-0.25, -0.2) is 8.78 Å². The van der Waals surface area contributed by atoms with E-state index in [2.05, 4.69) is 6.58 Å². The molecule has 106 valence electrons. The third-order valence-corrected chi connectivity index (χ3v) is 3.32. The van der Waals surface area contributed by atoms with Crippen molar-refractivity contribution < 1.29 is 22.0 Å². The SMILES string of the molecule is C=C(C)[C@](F)(C(F)N1CCCCCC1)C(F)(F)F. The van der Waals surface area contributed by atoms with E-state index >= 15 is 0 Å². The Morgan fingerprint density at radius 2 is 1.50 bits per heavy atom. The van der Waals surface area contributed by atoms with Gasteiger partial charge in [0.1, 0.15) is 0 Å². The monoisotopic (exact) mass is 271 g/mol. The minimum Gasteiger partial charge on any atom is -0.271 e. The van der Waals surface area contributed by atoms with E-state index in [4.69, 9.17) is 0 Å². The fourth-order valence-electron chi connectivity index (χ4n) is 2.15. The van der Waals surface area contributed by atoms with Gasteiger partial charge in [0.05, 0.1) is 0 Å². The standard InChI is InChI=1S/C12H18F5N/c1-9(2)11(14,12(15,16)17)10(13)18-7-5-3-4-6-8-18/h10H,1,3-8H2,2H3/t10?,11-/m0/s1. The summed E-state index contributed by atoms with van der Waals surface area (Å²) in [4.78, 5) is 0.940. The second kappa shape index (κ2) is 5.55. The van der Waals surface area contributed by atoms with E-state index in [9.17, 15) is 22.0 Å². The quantitative estimate of drug-likeness (QED) is 0.426. The molecule has 1 nitrogen and oxygen atoms in total. The van der Waals surface area contributed by atoms with Crippen LogP contribution in [0.25, 0.3) is 0 Å². The van der Waals surface area contributed by atoms with E-state index in [-0.39, 0.29) is 13.1 Å². The minimum atomic E-state index is -5.29. The first-order chi connectivity index (χ1) is 8.21. The van der Waals surface area contributed by atoms with Gasteiger partial charge >= 0.3 is 6.18 Å². The van der Waals surface area contributed by atoms with Gasteiger partial charge in [0, 0.05) is 13.1 Å². The molecule has 18 heavy (non-hydrogen) atoms. The Morgan fingerprint density at radius 3 is 1.83 bits per heavy atom. The highest BCUT2D eigenvalue weighted by Gasteiger charge is 2.63. The van der Waals surface area contributed by atoms with Crippen LogP contribution in [0.4, 0.5) is 22.0 Å². The minimum absolute atomic E-state index is 0.149. The lowest BCUT2D eigenvalue weighted by Gasteiger charge is -2.37. The van der Waals surface area contributed by atoms with Crippen molar-refractivity contribution in [2.45, 2.75) is 50.7 Å². The lowest BCUT2D eigenvalue weighted by Crippen LogP contribution is -2.56. The van der Waals surface area contributed by atoms with Crippen LogP contribution in [-0.2, 0) is 0 Å². The molecule has 2 atom stereocenters. The topological polar surface area (TPSA) is 3.24 Å². The lowest BCUT2D eigenvalue weighted by atomic mass is 9.95. The van der Waals surface area contributed by atoms with Crippen LogP contribution in [0.5, 0.6) is 0 Å². The van der Waals surface area contributed by atoms with Gasteiger partial charge < -0.3 is 0 Å². The zero-order valence-electron chi connectivity index (χ0n) is 10.4. The van der Waals surface area contributed by atoms with Crippen LogP contribution in [0.15, 0.2) is 12.2 Å². The Kier molecular flexibility index (Phi) is 4.75. The molecule has 0 bridgehead atoms. The molecule has 0 aromatic rings. The number of rotatable bonds is 3. The number of alkyl halides is 5. The average Bonchev–Trinajstić information content (AvgIpc) is 2.53. The van der Waals surface area contributed by atoms with Gasteiger partial charge in [-0.1, -0.05) is 19.4 Å². The van der Waals surface area contributed by atoms with Crippen molar-refractivity contribution in [2.75, 3.05) is 13.1 Å². The van der Waals surface area contributed by atoms with E-state index in [1.807, 2.05) is 0 Å². The summed E-state index contributed by atoms with van der Waals surface area (Å²) >= 11 is 0. The largest absolute Gasteiger partial charge is 0.430 e. The van der Waals surface area contributed by atoms with Crippen molar-refractivity contribution >= 4 is 0 Å². The summed E-state index contributed by atoms with van der Waals surface area (Å²) in [6.45, 7) is 4.14. The lowest BCUT2D eigenvalue weighted by molar-refractivity contribution is -0.253. The van der Waals surface area contributed by atoms with Gasteiger partial charge in [-0.15, -0.1) is 0 Å². The van der Waals surface area contributed by atoms with Crippen molar-refractivity contribution in [3.05, 3.63) is 12.2 Å². The molecule has 6 heteroatoms. The van der Waals surface area contributed by atoms with E-state index in [1.165, 1.54) is 0 Å². The maximum absolute atomic E-state index is 14.1. The Bertz CT molecular complexity index is 293. The van der Waals surface area contributed by atoms with Crippen LogP contribution in [0.2, 0.25) is 0 Å². The average molecular weight is 271 g/mol. The fraction of sp³-hybridized carbons (Fsp3) is 0.833. The molecule has 0 N–H and O–H groups in total. The Labute approximate surface area is 104 Å². The van der Waals surface area contributed by atoms with Crippen LogP contribution < -0.4 is 0 Å². The Balaban J connectivity index is 2.95. The summed E-state index contributed by atoms with van der Waals surface area (Å²) in [5.74, 6) is 0. The molecule has 1 aliphatic heterocycles. The number of halogens is 5. The van der Waals surface area contributed by atoms with Gasteiger partial charge in [0.15, 0.2) is 0 Å². The van der Waals surface area contributed by atoms with Gasteiger partial charge in [-0.3, -0.25) is 4.90 Å². The number of nitrogens with zero attached hydrogens (tertiary/aromatic N) is 1. The molecule has 0 aliphatic carbocycles. The maximum Gasteiger partial charge on any atom is 0.430 e. The van der Waals surface area contributed by atoms with Crippen LogP contribution in [0.3, 0.4) is 0 Å². The Morgan fingerprint density at radius 1 is 1.06 bits per heavy atom. The number of hydrogen-bond donors (Lipinski definition) is 0. The van der Waals surface area contributed by atoms with E-state index < -0.39 is 23.7 Å². The van der Waals surface area contributed by atoms with Crippen molar-refractivity contribution in [3.63, 3.8) is 0 Å². The van der Waals surface area contributed by atoms with Crippen molar-refractivity contribution in [3.8, 4) is 0 Å². The third kappa shape index (κ3) is 2.84. The molecule has 1 rings (SSSR count). The van der Waals surface area contributed by atoms with Gasteiger partial charge in [0.25, 0.3) is 5.67 Å². The highest BCUT2D eigenvalue weighted by atomic mass is 19.4. The molecule has 1 saturated heterocycles. The molecular formula is C12H18F5N. The highest BCUT2D eigenvalue weighted by molar-refractivity contribution is 5.17.